The molecule has 0 N–H and O–H groups in total. The Labute approximate surface area is 226 Å². The van der Waals surface area contributed by atoms with Crippen LogP contribution in [0, 0.1) is 0 Å². The molecule has 0 saturated heterocycles. The van der Waals surface area contributed by atoms with Crippen LogP contribution < -0.4 is 9.47 Å². The lowest BCUT2D eigenvalue weighted by Crippen LogP contribution is -2.32. The maximum Gasteiger partial charge on any atom is 0.257 e. The predicted octanol–water partition coefficient (Wildman–Crippen LogP) is 3.23. The van der Waals surface area contributed by atoms with Gasteiger partial charge >= 0.3 is 0 Å². The quantitative estimate of drug-likeness (QED) is 0.337. The zero-order chi connectivity index (χ0) is 27.4. The topological polar surface area (TPSA) is 140 Å². The number of methoxy groups -OCH3 is 1. The summed E-state index contributed by atoms with van der Waals surface area (Å²) in [7, 11) is -2.28. The van der Waals surface area contributed by atoms with Crippen molar-refractivity contribution in [2.24, 2.45) is 0 Å². The summed E-state index contributed by atoms with van der Waals surface area (Å²) in [6, 6.07) is 1.34. The molecule has 0 aliphatic carbocycles. The van der Waals surface area contributed by atoms with Crippen molar-refractivity contribution in [1.29, 1.82) is 0 Å². The first-order chi connectivity index (χ1) is 18.2. The van der Waals surface area contributed by atoms with E-state index in [2.05, 4.69) is 25.1 Å². The summed E-state index contributed by atoms with van der Waals surface area (Å²) in [5.41, 5.74) is 0.599. The summed E-state index contributed by atoms with van der Waals surface area (Å²) in [6.45, 7) is 7.89. The predicted molar refractivity (Wildman–Crippen MR) is 139 cm³/mol. The Bertz CT molecular complexity index is 1350. The highest BCUT2D eigenvalue weighted by Gasteiger charge is 2.37. The molecule has 3 atom stereocenters. The van der Waals surface area contributed by atoms with E-state index in [0.29, 0.717) is 34.6 Å². The molecule has 4 rings (SSSR count). The standard InChI is InChI=1S/C24H31ClN6O6S/c1-6-35-24-21-18(7-8-26-24)23-30-29-19(31(23)17(11-34-5)12-36-21)13-38(32,33)15(4)20(37-14(2)3)22-27-9-16(25)10-28-22/h7-10,14-15,17,20H,6,11-13H2,1-5H3/t15-,17-,20-/m0/s1. The van der Waals surface area contributed by atoms with Gasteiger partial charge in [0.2, 0.25) is 0 Å². The largest absolute Gasteiger partial charge is 0.485 e. The van der Waals surface area contributed by atoms with E-state index in [-0.39, 0.29) is 31.0 Å². The molecule has 14 heteroatoms. The van der Waals surface area contributed by atoms with E-state index in [1.54, 1.807) is 30.9 Å². The fraction of sp³-hybridized carbons (Fsp3) is 0.542. The van der Waals surface area contributed by atoms with Gasteiger partial charge in [-0.2, -0.15) is 0 Å². The number of hydrogen-bond acceptors (Lipinski definition) is 11. The van der Waals surface area contributed by atoms with Crippen molar-refractivity contribution >= 4 is 21.4 Å². The van der Waals surface area contributed by atoms with Crippen LogP contribution in [-0.2, 0) is 25.1 Å². The Balaban J connectivity index is 1.72. The molecule has 1 aliphatic heterocycles. The number of halogens is 1. The van der Waals surface area contributed by atoms with Crippen molar-refractivity contribution in [3.63, 3.8) is 0 Å². The molecule has 0 radical (unpaired) electrons. The zero-order valence-corrected chi connectivity index (χ0v) is 23.4. The Hall–Kier alpha value is -2.87. The van der Waals surface area contributed by atoms with Crippen LogP contribution in [0.3, 0.4) is 0 Å². The van der Waals surface area contributed by atoms with Gasteiger partial charge in [0.25, 0.3) is 5.88 Å². The van der Waals surface area contributed by atoms with Crippen LogP contribution in [0.25, 0.3) is 11.4 Å². The lowest BCUT2D eigenvalue weighted by molar-refractivity contribution is 0.00142. The first-order valence-electron chi connectivity index (χ1n) is 12.2. The first kappa shape index (κ1) is 28.1. The third kappa shape index (κ3) is 5.90. The number of aromatic nitrogens is 6. The number of ether oxygens (including phenoxy) is 4. The van der Waals surface area contributed by atoms with E-state index in [1.807, 2.05) is 20.8 Å². The average Bonchev–Trinajstić information content (AvgIpc) is 3.20. The van der Waals surface area contributed by atoms with Crippen LogP contribution in [-0.4, -0.2) is 76.4 Å². The van der Waals surface area contributed by atoms with Crippen LogP contribution in [0.5, 0.6) is 11.6 Å². The molecule has 0 unspecified atom stereocenters. The molecule has 0 spiro atoms. The Kier molecular flexibility index (Phi) is 8.81. The molecule has 0 fully saturated rings. The van der Waals surface area contributed by atoms with E-state index >= 15 is 0 Å². The van der Waals surface area contributed by atoms with Gasteiger partial charge in [-0.15, -0.1) is 10.2 Å². The average molecular weight is 567 g/mol. The Morgan fingerprint density at radius 1 is 1.18 bits per heavy atom. The minimum absolute atomic E-state index is 0.179. The van der Waals surface area contributed by atoms with Crippen LogP contribution >= 0.6 is 11.6 Å². The summed E-state index contributed by atoms with van der Waals surface area (Å²) >= 11 is 5.94. The number of sulfone groups is 1. The maximum atomic E-state index is 13.7. The highest BCUT2D eigenvalue weighted by atomic mass is 35.5. The van der Waals surface area contributed by atoms with Crippen molar-refractivity contribution in [3.8, 4) is 23.0 Å². The van der Waals surface area contributed by atoms with E-state index < -0.39 is 33.0 Å². The third-order valence-corrected chi connectivity index (χ3v) is 8.18. The van der Waals surface area contributed by atoms with Gasteiger partial charge in [-0.3, -0.25) is 0 Å². The number of nitrogens with zero attached hydrogens (tertiary/aromatic N) is 6. The minimum Gasteiger partial charge on any atom is -0.485 e. The van der Waals surface area contributed by atoms with Gasteiger partial charge in [0.05, 0.1) is 41.2 Å². The van der Waals surface area contributed by atoms with E-state index in [9.17, 15) is 8.42 Å². The van der Waals surface area contributed by atoms with Gasteiger partial charge in [0.1, 0.15) is 24.3 Å². The Morgan fingerprint density at radius 2 is 1.92 bits per heavy atom. The smallest absolute Gasteiger partial charge is 0.257 e. The second kappa shape index (κ2) is 11.9. The molecule has 0 bridgehead atoms. The van der Waals surface area contributed by atoms with Crippen LogP contribution in [0.2, 0.25) is 5.02 Å². The van der Waals surface area contributed by atoms with Gasteiger partial charge < -0.3 is 23.5 Å². The molecule has 0 amide bonds. The molecule has 12 nitrogen and oxygen atoms in total. The molecular weight excluding hydrogens is 536 g/mol. The number of rotatable bonds is 11. The lowest BCUT2D eigenvalue weighted by atomic mass is 10.2. The fourth-order valence-electron chi connectivity index (χ4n) is 4.19. The molecule has 4 heterocycles. The molecule has 3 aromatic heterocycles. The molecule has 0 aromatic carbocycles. The van der Waals surface area contributed by atoms with Gasteiger partial charge in [-0.1, -0.05) is 11.6 Å². The highest BCUT2D eigenvalue weighted by molar-refractivity contribution is 7.91. The number of pyridine rings is 1. The van der Waals surface area contributed by atoms with Gasteiger partial charge in [0.15, 0.2) is 27.2 Å². The second-order valence-electron chi connectivity index (χ2n) is 9.03. The molecule has 206 valence electrons. The van der Waals surface area contributed by atoms with E-state index in [0.717, 1.165) is 0 Å². The molecule has 1 aliphatic rings. The fourth-order valence-corrected chi connectivity index (χ4v) is 5.67. The van der Waals surface area contributed by atoms with E-state index in [4.69, 9.17) is 30.5 Å². The van der Waals surface area contributed by atoms with Crippen molar-refractivity contribution in [2.45, 2.75) is 56.9 Å². The monoisotopic (exact) mass is 566 g/mol. The molecule has 0 saturated carbocycles. The van der Waals surface area contributed by atoms with Crippen molar-refractivity contribution in [3.05, 3.63) is 41.3 Å². The maximum absolute atomic E-state index is 13.7. The van der Waals surface area contributed by atoms with Crippen molar-refractivity contribution in [2.75, 3.05) is 26.9 Å². The SMILES string of the molecule is CCOc1nccc2c1OC[C@H](COC)n1c(CS(=O)(=O)[C@@H](C)[C@H](OC(C)C)c3ncc(Cl)cn3)nnc1-2. The van der Waals surface area contributed by atoms with Crippen LogP contribution in [0.4, 0.5) is 0 Å². The zero-order valence-electron chi connectivity index (χ0n) is 21.9. The summed E-state index contributed by atoms with van der Waals surface area (Å²) < 4.78 is 52.3. The lowest BCUT2D eigenvalue weighted by Gasteiger charge is -2.25. The van der Waals surface area contributed by atoms with Crippen LogP contribution in [0.1, 0.15) is 51.5 Å². The minimum atomic E-state index is -3.84. The number of hydrogen-bond donors (Lipinski definition) is 0. The molecule has 38 heavy (non-hydrogen) atoms. The normalized spacial score (nSPS) is 16.8. The highest BCUT2D eigenvalue weighted by Crippen LogP contribution is 2.40. The van der Waals surface area contributed by atoms with Gasteiger partial charge in [-0.25, -0.2) is 23.4 Å². The first-order valence-corrected chi connectivity index (χ1v) is 14.3. The summed E-state index contributed by atoms with van der Waals surface area (Å²) in [5.74, 6) is 1.28. The van der Waals surface area contributed by atoms with E-state index in [1.165, 1.54) is 12.4 Å². The Morgan fingerprint density at radius 3 is 2.58 bits per heavy atom. The number of fused-ring (bicyclic) bond motifs is 3. The summed E-state index contributed by atoms with van der Waals surface area (Å²) in [5, 5.41) is 7.99. The summed E-state index contributed by atoms with van der Waals surface area (Å²) in [6.07, 6.45) is 3.23. The molecule has 3 aromatic rings. The van der Waals surface area contributed by atoms with Crippen molar-refractivity contribution < 1.29 is 27.4 Å². The third-order valence-electron chi connectivity index (χ3n) is 5.94. The summed E-state index contributed by atoms with van der Waals surface area (Å²) in [4.78, 5) is 12.7. The van der Waals surface area contributed by atoms with Gasteiger partial charge in [-0.05, 0) is 33.8 Å². The molecular formula is C24H31ClN6O6S. The second-order valence-corrected chi connectivity index (χ2v) is 11.8. The van der Waals surface area contributed by atoms with Crippen LogP contribution in [0.15, 0.2) is 24.7 Å². The van der Waals surface area contributed by atoms with Crippen molar-refractivity contribution in [1.82, 2.24) is 29.7 Å². The van der Waals surface area contributed by atoms with Gasteiger partial charge in [0, 0.05) is 25.7 Å².